The van der Waals surface area contributed by atoms with Crippen LogP contribution in [-0.4, -0.2) is 47.4 Å². The van der Waals surface area contributed by atoms with Gasteiger partial charge in [0, 0.05) is 12.8 Å². The van der Waals surface area contributed by atoms with Crippen molar-refractivity contribution >= 4 is 11.9 Å². The predicted molar refractivity (Wildman–Crippen MR) is 255 cm³/mol. The first kappa shape index (κ1) is 57.9. The molecule has 3 N–H and O–H groups in total. The predicted octanol–water partition coefficient (Wildman–Crippen LogP) is 16.0. The van der Waals surface area contributed by atoms with Crippen molar-refractivity contribution in [2.45, 2.75) is 315 Å². The second-order valence-corrected chi connectivity index (χ2v) is 18.6. The lowest BCUT2D eigenvalue weighted by Gasteiger charge is -2.22. The zero-order chi connectivity index (χ0) is 43.0. The van der Waals surface area contributed by atoms with Crippen molar-refractivity contribution in [1.29, 1.82) is 0 Å². The fraction of sp³-hybridized carbons (Fsp3) is 0.962. The minimum absolute atomic E-state index is 0.0210. The number of esters is 1. The van der Waals surface area contributed by atoms with Crippen molar-refractivity contribution in [1.82, 2.24) is 5.32 Å². The molecule has 6 heteroatoms. The Kier molecular flexibility index (Phi) is 48.6. The second kappa shape index (κ2) is 49.5. The maximum atomic E-state index is 12.5. The zero-order valence-electron chi connectivity index (χ0n) is 40.0. The van der Waals surface area contributed by atoms with E-state index in [0.29, 0.717) is 25.9 Å². The van der Waals surface area contributed by atoms with Gasteiger partial charge in [-0.25, -0.2) is 0 Å². The van der Waals surface area contributed by atoms with Crippen LogP contribution < -0.4 is 5.32 Å². The highest BCUT2D eigenvalue weighted by Gasteiger charge is 2.20. The van der Waals surface area contributed by atoms with Crippen LogP contribution in [-0.2, 0) is 14.3 Å². The van der Waals surface area contributed by atoms with E-state index >= 15 is 0 Å². The molecule has 0 aliphatic carbocycles. The van der Waals surface area contributed by atoms with Gasteiger partial charge in [0.25, 0.3) is 0 Å². The fourth-order valence-electron chi connectivity index (χ4n) is 8.52. The summed E-state index contributed by atoms with van der Waals surface area (Å²) in [5, 5.41) is 23.3. The van der Waals surface area contributed by atoms with Gasteiger partial charge < -0.3 is 20.3 Å². The Morgan fingerprint density at radius 1 is 0.407 bits per heavy atom. The van der Waals surface area contributed by atoms with Gasteiger partial charge in [-0.1, -0.05) is 264 Å². The monoisotopic (exact) mass is 836 g/mol. The normalized spacial score (nSPS) is 12.5. The van der Waals surface area contributed by atoms with Crippen molar-refractivity contribution in [3.63, 3.8) is 0 Å². The molecule has 0 bridgehead atoms. The topological polar surface area (TPSA) is 95.9 Å². The minimum Gasteiger partial charge on any atom is -0.466 e. The standard InChI is InChI=1S/C53H105NO5/c1-3-5-7-9-11-13-15-17-19-20-21-23-24-26-29-33-37-41-45-51(56)50(49-55)54-52(57)46-42-38-34-30-28-32-36-40-44-48-59-53(58)47-43-39-35-31-27-25-22-18-16-14-12-10-8-6-4-2/h50-51,55-56H,3-49H2,1-2H3,(H,54,57). The molecule has 1 amide bonds. The summed E-state index contributed by atoms with van der Waals surface area (Å²) in [6.07, 6.45) is 55.0. The van der Waals surface area contributed by atoms with Crippen LogP contribution in [0.2, 0.25) is 0 Å². The molecule has 2 unspecified atom stereocenters. The molecule has 0 rings (SSSR count). The molecule has 0 aliphatic rings. The van der Waals surface area contributed by atoms with Gasteiger partial charge in [0.05, 0.1) is 25.4 Å². The van der Waals surface area contributed by atoms with E-state index in [9.17, 15) is 19.8 Å². The summed E-state index contributed by atoms with van der Waals surface area (Å²) in [6, 6.07) is -0.560. The maximum absolute atomic E-state index is 12.5. The van der Waals surface area contributed by atoms with Crippen molar-refractivity contribution < 1.29 is 24.5 Å². The lowest BCUT2D eigenvalue weighted by molar-refractivity contribution is -0.143. The van der Waals surface area contributed by atoms with E-state index in [1.54, 1.807) is 0 Å². The smallest absolute Gasteiger partial charge is 0.305 e. The van der Waals surface area contributed by atoms with Crippen molar-refractivity contribution in [2.24, 2.45) is 0 Å². The van der Waals surface area contributed by atoms with Crippen LogP contribution in [0.4, 0.5) is 0 Å². The highest BCUT2D eigenvalue weighted by Crippen LogP contribution is 2.17. The highest BCUT2D eigenvalue weighted by molar-refractivity contribution is 5.76. The fourth-order valence-corrected chi connectivity index (χ4v) is 8.52. The van der Waals surface area contributed by atoms with Crippen molar-refractivity contribution in [2.75, 3.05) is 13.2 Å². The molecule has 0 fully saturated rings. The Balaban J connectivity index is 3.46. The molecule has 59 heavy (non-hydrogen) atoms. The minimum atomic E-state index is -0.680. The number of hydrogen-bond donors (Lipinski definition) is 3. The number of carbonyl (C=O) groups excluding carboxylic acids is 2. The molecule has 6 nitrogen and oxygen atoms in total. The second-order valence-electron chi connectivity index (χ2n) is 18.6. The quantitative estimate of drug-likeness (QED) is 0.0419. The number of nitrogens with one attached hydrogen (secondary N) is 1. The van der Waals surface area contributed by atoms with E-state index < -0.39 is 12.1 Å². The Bertz CT molecular complexity index is 837. The summed E-state index contributed by atoms with van der Waals surface area (Å²) < 4.78 is 5.46. The number of rotatable bonds is 50. The molecule has 0 aliphatic heterocycles. The number of aliphatic hydroxyl groups is 2. The Morgan fingerprint density at radius 3 is 1.03 bits per heavy atom. The third-order valence-electron chi connectivity index (χ3n) is 12.7. The summed E-state index contributed by atoms with van der Waals surface area (Å²) in [7, 11) is 0. The van der Waals surface area contributed by atoms with Crippen LogP contribution in [0.3, 0.4) is 0 Å². The molecule has 352 valence electrons. The third kappa shape index (κ3) is 46.2. The van der Waals surface area contributed by atoms with E-state index in [2.05, 4.69) is 19.2 Å². The Labute approximate surface area is 368 Å². The average molecular weight is 836 g/mol. The summed E-state index contributed by atoms with van der Waals surface area (Å²) >= 11 is 0. The number of amides is 1. The molecular formula is C53H105NO5. The summed E-state index contributed by atoms with van der Waals surface area (Å²) in [5.41, 5.74) is 0. The highest BCUT2D eigenvalue weighted by atomic mass is 16.5. The summed E-state index contributed by atoms with van der Waals surface area (Å²) in [6.45, 7) is 4.91. The molecule has 0 spiro atoms. The number of ether oxygens (including phenoxy) is 1. The first-order chi connectivity index (χ1) is 29.0. The van der Waals surface area contributed by atoms with Gasteiger partial charge in [-0.05, 0) is 25.7 Å². The van der Waals surface area contributed by atoms with Gasteiger partial charge in [-0.15, -0.1) is 0 Å². The van der Waals surface area contributed by atoms with E-state index in [1.165, 1.54) is 212 Å². The van der Waals surface area contributed by atoms with Crippen LogP contribution in [0.15, 0.2) is 0 Å². The largest absolute Gasteiger partial charge is 0.466 e. The molecule has 0 saturated carbocycles. The lowest BCUT2D eigenvalue weighted by atomic mass is 10.0. The number of carbonyl (C=O) groups is 2. The maximum Gasteiger partial charge on any atom is 0.305 e. The van der Waals surface area contributed by atoms with Crippen LogP contribution in [0.25, 0.3) is 0 Å². The molecule has 0 aromatic rings. The van der Waals surface area contributed by atoms with Crippen LogP contribution in [0.5, 0.6) is 0 Å². The number of aliphatic hydroxyl groups excluding tert-OH is 2. The van der Waals surface area contributed by atoms with E-state index in [1.807, 2.05) is 0 Å². The summed E-state index contributed by atoms with van der Waals surface area (Å²) in [4.78, 5) is 24.5. The van der Waals surface area contributed by atoms with E-state index in [-0.39, 0.29) is 18.5 Å². The molecule has 0 aromatic carbocycles. The molecule has 0 heterocycles. The van der Waals surface area contributed by atoms with Crippen LogP contribution in [0.1, 0.15) is 303 Å². The van der Waals surface area contributed by atoms with Crippen LogP contribution in [0, 0.1) is 0 Å². The molecule has 0 aromatic heterocycles. The Hall–Kier alpha value is -1.14. The Morgan fingerprint density at radius 2 is 0.695 bits per heavy atom. The van der Waals surface area contributed by atoms with Crippen molar-refractivity contribution in [3.05, 3.63) is 0 Å². The summed E-state index contributed by atoms with van der Waals surface area (Å²) in [5.74, 6) is -0.0799. The van der Waals surface area contributed by atoms with Gasteiger partial charge in [0.1, 0.15) is 0 Å². The zero-order valence-corrected chi connectivity index (χ0v) is 40.0. The SMILES string of the molecule is CCCCCCCCCCCCCCCCCCCCC(O)C(CO)NC(=O)CCCCCCCCCCCOC(=O)CCCCCCCCCCCCCCCCC. The van der Waals surface area contributed by atoms with Crippen molar-refractivity contribution in [3.8, 4) is 0 Å². The third-order valence-corrected chi connectivity index (χ3v) is 12.7. The van der Waals surface area contributed by atoms with E-state index in [4.69, 9.17) is 4.74 Å². The molecule has 0 saturated heterocycles. The van der Waals surface area contributed by atoms with Gasteiger partial charge in [0.15, 0.2) is 0 Å². The molecular weight excluding hydrogens is 731 g/mol. The first-order valence-electron chi connectivity index (χ1n) is 26.8. The number of unbranched alkanes of at least 4 members (excludes halogenated alkanes) is 39. The van der Waals surface area contributed by atoms with Gasteiger partial charge >= 0.3 is 5.97 Å². The van der Waals surface area contributed by atoms with E-state index in [0.717, 1.165) is 57.8 Å². The van der Waals surface area contributed by atoms with Crippen LogP contribution >= 0.6 is 0 Å². The van der Waals surface area contributed by atoms with Gasteiger partial charge in [0.2, 0.25) is 5.91 Å². The first-order valence-corrected chi connectivity index (χ1v) is 26.8. The van der Waals surface area contributed by atoms with Gasteiger partial charge in [-0.2, -0.15) is 0 Å². The average Bonchev–Trinajstić information content (AvgIpc) is 3.24. The molecule has 2 atom stereocenters. The van der Waals surface area contributed by atoms with Gasteiger partial charge in [-0.3, -0.25) is 9.59 Å². The lowest BCUT2D eigenvalue weighted by Crippen LogP contribution is -2.45. The molecule has 0 radical (unpaired) electrons. The number of hydrogen-bond acceptors (Lipinski definition) is 5.